The Morgan fingerprint density at radius 3 is 2.24 bits per heavy atom. The molecule has 1 amide bonds. The Morgan fingerprint density at radius 1 is 1.00 bits per heavy atom. The van der Waals surface area contributed by atoms with Gasteiger partial charge in [-0.15, -0.1) is 0 Å². The van der Waals surface area contributed by atoms with Crippen LogP contribution in [0.1, 0.15) is 27.0 Å². The maximum atomic E-state index is 13.2. The van der Waals surface area contributed by atoms with Crippen LogP contribution in [0.2, 0.25) is 0 Å². The molecule has 0 bridgehead atoms. The molecule has 1 N–H and O–H groups in total. The van der Waals surface area contributed by atoms with Crippen molar-refractivity contribution in [2.75, 3.05) is 0 Å². The third-order valence-corrected chi connectivity index (χ3v) is 4.26. The summed E-state index contributed by atoms with van der Waals surface area (Å²) in [5.74, 6) is -2.18. The summed E-state index contributed by atoms with van der Waals surface area (Å²) in [4.78, 5) is 25.3. The zero-order chi connectivity index (χ0) is 18.2. The van der Waals surface area contributed by atoms with Crippen molar-refractivity contribution in [3.8, 4) is 0 Å². The van der Waals surface area contributed by atoms with Crippen molar-refractivity contribution < 1.29 is 27.9 Å². The summed E-state index contributed by atoms with van der Waals surface area (Å²) in [6.07, 6.45) is -4.63. The molecule has 25 heavy (non-hydrogen) atoms. The summed E-state index contributed by atoms with van der Waals surface area (Å²) in [5.41, 5.74) is -0.0930. The number of amides is 1. The SMILES string of the molecule is O=C(O)C1Cc2ccccc2CN1C(=O)c1ccccc1C(F)(F)F. The molecule has 0 radical (unpaired) electrons. The minimum absolute atomic E-state index is 0.0435. The third-order valence-electron chi connectivity index (χ3n) is 4.26. The van der Waals surface area contributed by atoms with E-state index in [4.69, 9.17) is 0 Å². The van der Waals surface area contributed by atoms with Crippen molar-refractivity contribution in [3.05, 3.63) is 70.8 Å². The van der Waals surface area contributed by atoms with E-state index in [-0.39, 0.29) is 13.0 Å². The highest BCUT2D eigenvalue weighted by molar-refractivity contribution is 5.98. The predicted molar refractivity (Wildman–Crippen MR) is 82.9 cm³/mol. The van der Waals surface area contributed by atoms with E-state index in [1.807, 2.05) is 0 Å². The second-order valence-corrected chi connectivity index (χ2v) is 5.80. The molecule has 1 heterocycles. The van der Waals surface area contributed by atoms with Crippen LogP contribution in [0.4, 0.5) is 13.2 Å². The van der Waals surface area contributed by atoms with Gasteiger partial charge in [0.1, 0.15) is 6.04 Å². The largest absolute Gasteiger partial charge is 0.480 e. The first-order valence-electron chi connectivity index (χ1n) is 7.56. The van der Waals surface area contributed by atoms with Gasteiger partial charge >= 0.3 is 12.1 Å². The Balaban J connectivity index is 2.03. The number of alkyl halides is 3. The fourth-order valence-electron chi connectivity index (χ4n) is 3.03. The highest BCUT2D eigenvalue weighted by Crippen LogP contribution is 2.34. The van der Waals surface area contributed by atoms with E-state index >= 15 is 0 Å². The van der Waals surface area contributed by atoms with Crippen LogP contribution in [-0.2, 0) is 23.9 Å². The van der Waals surface area contributed by atoms with Crippen molar-refractivity contribution >= 4 is 11.9 Å². The van der Waals surface area contributed by atoms with E-state index in [0.717, 1.165) is 28.2 Å². The summed E-state index contributed by atoms with van der Waals surface area (Å²) in [5, 5.41) is 9.44. The average molecular weight is 349 g/mol. The molecule has 130 valence electrons. The molecule has 1 aliphatic rings. The van der Waals surface area contributed by atoms with Crippen molar-refractivity contribution in [2.24, 2.45) is 0 Å². The number of hydrogen-bond acceptors (Lipinski definition) is 2. The minimum atomic E-state index is -4.70. The number of aliphatic carboxylic acids is 1. The summed E-state index contributed by atoms with van der Waals surface area (Å²) in [6, 6.07) is 10.2. The van der Waals surface area contributed by atoms with Gasteiger partial charge in [-0.2, -0.15) is 13.2 Å². The number of nitrogens with zero attached hydrogens (tertiary/aromatic N) is 1. The van der Waals surface area contributed by atoms with E-state index in [1.54, 1.807) is 24.3 Å². The number of rotatable bonds is 2. The topological polar surface area (TPSA) is 57.6 Å². The van der Waals surface area contributed by atoms with Crippen molar-refractivity contribution in [2.45, 2.75) is 25.2 Å². The van der Waals surface area contributed by atoms with Gasteiger partial charge in [0.05, 0.1) is 11.1 Å². The lowest BCUT2D eigenvalue weighted by atomic mass is 9.93. The number of halogens is 3. The first-order chi connectivity index (χ1) is 11.8. The molecule has 2 aromatic carbocycles. The number of carbonyl (C=O) groups excluding carboxylic acids is 1. The van der Waals surface area contributed by atoms with Crippen LogP contribution in [0, 0.1) is 0 Å². The van der Waals surface area contributed by atoms with Gasteiger partial charge in [-0.25, -0.2) is 4.79 Å². The zero-order valence-electron chi connectivity index (χ0n) is 13.0. The second kappa shape index (κ2) is 6.23. The Hall–Kier alpha value is -2.83. The van der Waals surface area contributed by atoms with Gasteiger partial charge in [-0.3, -0.25) is 4.79 Å². The zero-order valence-corrected chi connectivity index (χ0v) is 13.0. The molecule has 0 saturated heterocycles. The lowest BCUT2D eigenvalue weighted by Crippen LogP contribution is -2.49. The van der Waals surface area contributed by atoms with Gasteiger partial charge in [-0.1, -0.05) is 36.4 Å². The van der Waals surface area contributed by atoms with E-state index in [0.29, 0.717) is 0 Å². The van der Waals surface area contributed by atoms with Gasteiger partial charge in [0, 0.05) is 13.0 Å². The number of benzene rings is 2. The molecule has 0 fully saturated rings. The Labute approximate surface area is 141 Å². The van der Waals surface area contributed by atoms with Gasteiger partial charge < -0.3 is 10.0 Å². The molecule has 0 saturated carbocycles. The lowest BCUT2D eigenvalue weighted by molar-refractivity contribution is -0.142. The number of carboxylic acids is 1. The normalized spacial score (nSPS) is 17.1. The van der Waals surface area contributed by atoms with Crippen molar-refractivity contribution in [1.29, 1.82) is 0 Å². The molecule has 1 atom stereocenters. The molecule has 1 unspecified atom stereocenters. The maximum Gasteiger partial charge on any atom is 0.417 e. The number of fused-ring (bicyclic) bond motifs is 1. The smallest absolute Gasteiger partial charge is 0.417 e. The van der Waals surface area contributed by atoms with Crippen LogP contribution in [0.25, 0.3) is 0 Å². The van der Waals surface area contributed by atoms with E-state index in [1.165, 1.54) is 12.1 Å². The number of carboxylic acid groups (broad SMARTS) is 1. The van der Waals surface area contributed by atoms with Crippen LogP contribution in [-0.4, -0.2) is 27.9 Å². The molecular weight excluding hydrogens is 335 g/mol. The first-order valence-corrected chi connectivity index (χ1v) is 7.56. The summed E-state index contributed by atoms with van der Waals surface area (Å²) in [7, 11) is 0. The van der Waals surface area contributed by atoms with Crippen LogP contribution in [0.3, 0.4) is 0 Å². The monoisotopic (exact) mass is 349 g/mol. The molecule has 0 aromatic heterocycles. The van der Waals surface area contributed by atoms with Gasteiger partial charge in [0.2, 0.25) is 0 Å². The Bertz CT molecular complexity index is 832. The van der Waals surface area contributed by atoms with Crippen LogP contribution >= 0.6 is 0 Å². The molecular formula is C18H14F3NO3. The second-order valence-electron chi connectivity index (χ2n) is 5.80. The van der Waals surface area contributed by atoms with E-state index in [2.05, 4.69) is 0 Å². The Kier molecular flexibility index (Phi) is 4.24. The standard InChI is InChI=1S/C18H14F3NO3/c19-18(20,21)14-8-4-3-7-13(14)16(23)22-10-12-6-2-1-5-11(12)9-15(22)17(24)25/h1-8,15H,9-10H2,(H,24,25). The summed E-state index contributed by atoms with van der Waals surface area (Å²) >= 11 is 0. The van der Waals surface area contributed by atoms with Gasteiger partial charge in [0.15, 0.2) is 0 Å². The van der Waals surface area contributed by atoms with Crippen molar-refractivity contribution in [1.82, 2.24) is 4.90 Å². The fraction of sp³-hybridized carbons (Fsp3) is 0.222. The molecule has 7 heteroatoms. The first kappa shape index (κ1) is 17.0. The van der Waals surface area contributed by atoms with Crippen LogP contribution in [0.15, 0.2) is 48.5 Å². The summed E-state index contributed by atoms with van der Waals surface area (Å²) in [6.45, 7) is -0.0435. The van der Waals surface area contributed by atoms with E-state index < -0.39 is 35.2 Å². The highest BCUT2D eigenvalue weighted by atomic mass is 19.4. The summed E-state index contributed by atoms with van der Waals surface area (Å²) < 4.78 is 39.6. The van der Waals surface area contributed by atoms with Gasteiger partial charge in [0.25, 0.3) is 5.91 Å². The molecule has 0 spiro atoms. The predicted octanol–water partition coefficient (Wildman–Crippen LogP) is 3.36. The number of carbonyl (C=O) groups is 2. The minimum Gasteiger partial charge on any atom is -0.480 e. The maximum absolute atomic E-state index is 13.2. The lowest BCUT2D eigenvalue weighted by Gasteiger charge is -2.35. The highest BCUT2D eigenvalue weighted by Gasteiger charge is 2.39. The van der Waals surface area contributed by atoms with Crippen LogP contribution in [0.5, 0.6) is 0 Å². The molecule has 4 nitrogen and oxygen atoms in total. The Morgan fingerprint density at radius 2 is 1.60 bits per heavy atom. The van der Waals surface area contributed by atoms with Crippen molar-refractivity contribution in [3.63, 3.8) is 0 Å². The molecule has 3 rings (SSSR count). The molecule has 1 aliphatic heterocycles. The molecule has 2 aromatic rings. The van der Waals surface area contributed by atoms with Gasteiger partial charge in [-0.05, 0) is 23.3 Å². The number of hydrogen-bond donors (Lipinski definition) is 1. The molecule has 0 aliphatic carbocycles. The van der Waals surface area contributed by atoms with E-state index in [9.17, 15) is 27.9 Å². The fourth-order valence-corrected chi connectivity index (χ4v) is 3.03. The van der Waals surface area contributed by atoms with Crippen LogP contribution < -0.4 is 0 Å². The average Bonchev–Trinajstić information content (AvgIpc) is 2.59. The third kappa shape index (κ3) is 3.22. The quantitative estimate of drug-likeness (QED) is 0.905.